The molecule has 0 radical (unpaired) electrons. The van der Waals surface area contributed by atoms with Crippen molar-refractivity contribution in [3.05, 3.63) is 35.4 Å². The predicted octanol–water partition coefficient (Wildman–Crippen LogP) is 2.47. The lowest BCUT2D eigenvalue weighted by Crippen LogP contribution is -2.26. The molecule has 0 aliphatic carbocycles. The van der Waals surface area contributed by atoms with Crippen LogP contribution >= 0.6 is 12.4 Å². The Morgan fingerprint density at radius 2 is 2.30 bits per heavy atom. The average Bonchev–Trinajstić information content (AvgIpc) is 2.90. The molecule has 0 saturated carbocycles. The Labute approximate surface area is 127 Å². The highest BCUT2D eigenvalue weighted by molar-refractivity contribution is 5.85. The van der Waals surface area contributed by atoms with Crippen LogP contribution in [0.5, 0.6) is 0 Å². The summed E-state index contributed by atoms with van der Waals surface area (Å²) in [6.07, 6.45) is 3.77. The van der Waals surface area contributed by atoms with Crippen LogP contribution in [0.1, 0.15) is 30.4 Å². The minimum Gasteiger partial charge on any atom is -0.356 e. The van der Waals surface area contributed by atoms with E-state index in [-0.39, 0.29) is 18.3 Å². The van der Waals surface area contributed by atoms with Gasteiger partial charge in [0.15, 0.2) is 0 Å². The van der Waals surface area contributed by atoms with Crippen LogP contribution in [-0.4, -0.2) is 25.5 Å². The predicted molar refractivity (Wildman–Crippen MR) is 85.4 cm³/mol. The summed E-state index contributed by atoms with van der Waals surface area (Å²) in [5.74, 6) is 0.921. The van der Waals surface area contributed by atoms with Crippen LogP contribution in [0.2, 0.25) is 0 Å². The summed E-state index contributed by atoms with van der Waals surface area (Å²) in [4.78, 5) is 11.7. The van der Waals surface area contributed by atoms with E-state index in [0.717, 1.165) is 38.4 Å². The second kappa shape index (κ2) is 8.98. The molecular weight excluding hydrogens is 272 g/mol. The molecule has 1 saturated heterocycles. The third-order valence-electron chi connectivity index (χ3n) is 3.76. The minimum absolute atomic E-state index is 0. The highest BCUT2D eigenvalue weighted by atomic mass is 35.5. The number of halogens is 1. The Morgan fingerprint density at radius 1 is 1.45 bits per heavy atom. The van der Waals surface area contributed by atoms with Gasteiger partial charge in [0.25, 0.3) is 0 Å². The molecule has 2 rings (SSSR count). The molecule has 1 fully saturated rings. The first-order valence-corrected chi connectivity index (χ1v) is 7.27. The van der Waals surface area contributed by atoms with Crippen molar-refractivity contribution in [3.8, 4) is 0 Å². The van der Waals surface area contributed by atoms with Gasteiger partial charge in [-0.05, 0) is 50.8 Å². The highest BCUT2D eigenvalue weighted by Crippen LogP contribution is 2.11. The quantitative estimate of drug-likeness (QED) is 0.847. The van der Waals surface area contributed by atoms with E-state index in [2.05, 4.69) is 41.8 Å². The van der Waals surface area contributed by atoms with E-state index >= 15 is 0 Å². The largest absolute Gasteiger partial charge is 0.356 e. The van der Waals surface area contributed by atoms with Gasteiger partial charge in [-0.2, -0.15) is 0 Å². The van der Waals surface area contributed by atoms with Crippen molar-refractivity contribution in [2.24, 2.45) is 5.92 Å². The van der Waals surface area contributed by atoms with Crippen molar-refractivity contribution in [1.29, 1.82) is 0 Å². The first-order valence-electron chi connectivity index (χ1n) is 7.27. The maximum absolute atomic E-state index is 11.7. The van der Waals surface area contributed by atoms with Crippen LogP contribution in [0, 0.1) is 12.8 Å². The molecule has 4 heteroatoms. The lowest BCUT2D eigenvalue weighted by molar-refractivity contribution is -0.121. The molecule has 20 heavy (non-hydrogen) atoms. The number of hydrogen-bond donors (Lipinski definition) is 2. The third kappa shape index (κ3) is 5.93. The first-order chi connectivity index (χ1) is 9.24. The molecule has 1 amide bonds. The lowest BCUT2D eigenvalue weighted by Gasteiger charge is -2.09. The molecule has 1 aromatic rings. The van der Waals surface area contributed by atoms with E-state index in [1.165, 1.54) is 17.5 Å². The summed E-state index contributed by atoms with van der Waals surface area (Å²) >= 11 is 0. The van der Waals surface area contributed by atoms with Gasteiger partial charge in [-0.3, -0.25) is 4.79 Å². The van der Waals surface area contributed by atoms with Gasteiger partial charge in [0, 0.05) is 13.0 Å². The normalized spacial score (nSPS) is 17.6. The van der Waals surface area contributed by atoms with Gasteiger partial charge in [-0.15, -0.1) is 12.4 Å². The van der Waals surface area contributed by atoms with Gasteiger partial charge in [0.2, 0.25) is 5.91 Å². The van der Waals surface area contributed by atoms with E-state index in [0.29, 0.717) is 6.42 Å². The Kier molecular flexibility index (Phi) is 7.63. The van der Waals surface area contributed by atoms with Crippen molar-refractivity contribution in [2.75, 3.05) is 19.6 Å². The van der Waals surface area contributed by atoms with Gasteiger partial charge in [0.1, 0.15) is 0 Å². The number of hydrogen-bond acceptors (Lipinski definition) is 2. The minimum atomic E-state index is 0. The van der Waals surface area contributed by atoms with Crippen molar-refractivity contribution < 1.29 is 4.79 Å². The lowest BCUT2D eigenvalue weighted by atomic mass is 10.0. The van der Waals surface area contributed by atoms with E-state index in [9.17, 15) is 4.79 Å². The number of benzene rings is 1. The third-order valence-corrected chi connectivity index (χ3v) is 3.76. The Morgan fingerprint density at radius 3 is 3.00 bits per heavy atom. The van der Waals surface area contributed by atoms with Crippen LogP contribution in [0.4, 0.5) is 0 Å². The maximum Gasteiger partial charge on any atom is 0.220 e. The van der Waals surface area contributed by atoms with E-state index < -0.39 is 0 Å². The number of nitrogens with one attached hydrogen (secondary N) is 2. The number of carbonyl (C=O) groups excluding carboxylic acids is 1. The molecule has 1 atom stereocenters. The van der Waals surface area contributed by atoms with Crippen LogP contribution in [0.3, 0.4) is 0 Å². The maximum atomic E-state index is 11.7. The second-order valence-corrected chi connectivity index (χ2v) is 5.49. The molecule has 1 aliphatic heterocycles. The molecule has 1 heterocycles. The summed E-state index contributed by atoms with van der Waals surface area (Å²) in [6, 6.07) is 8.37. The molecule has 0 aromatic heterocycles. The van der Waals surface area contributed by atoms with Gasteiger partial charge in [-0.1, -0.05) is 29.8 Å². The van der Waals surface area contributed by atoms with E-state index in [1.54, 1.807) is 0 Å². The standard InChI is InChI=1S/C16H24N2O.ClH/c1-13-3-2-4-14(11-13)5-6-16(19)18-10-8-15-7-9-17-12-15;/h2-4,11,15,17H,5-10,12H2,1H3,(H,18,19);1H. The summed E-state index contributed by atoms with van der Waals surface area (Å²) < 4.78 is 0. The van der Waals surface area contributed by atoms with Crippen LogP contribution in [0.15, 0.2) is 24.3 Å². The highest BCUT2D eigenvalue weighted by Gasteiger charge is 2.13. The average molecular weight is 297 g/mol. The molecule has 1 aromatic carbocycles. The van der Waals surface area contributed by atoms with Crippen molar-refractivity contribution in [3.63, 3.8) is 0 Å². The van der Waals surface area contributed by atoms with Crippen LogP contribution in [-0.2, 0) is 11.2 Å². The van der Waals surface area contributed by atoms with Crippen molar-refractivity contribution >= 4 is 18.3 Å². The summed E-state index contributed by atoms with van der Waals surface area (Å²) in [5, 5.41) is 6.38. The first kappa shape index (κ1) is 17.0. The SMILES string of the molecule is Cc1cccc(CCC(=O)NCCC2CCNC2)c1.Cl. The van der Waals surface area contributed by atoms with Gasteiger partial charge < -0.3 is 10.6 Å². The van der Waals surface area contributed by atoms with E-state index in [4.69, 9.17) is 0 Å². The number of rotatable bonds is 6. The van der Waals surface area contributed by atoms with Crippen molar-refractivity contribution in [2.45, 2.75) is 32.6 Å². The van der Waals surface area contributed by atoms with Gasteiger partial charge in [0.05, 0.1) is 0 Å². The molecule has 2 N–H and O–H groups in total. The van der Waals surface area contributed by atoms with Crippen LogP contribution < -0.4 is 10.6 Å². The van der Waals surface area contributed by atoms with E-state index in [1.807, 2.05) is 0 Å². The topological polar surface area (TPSA) is 41.1 Å². The summed E-state index contributed by atoms with van der Waals surface area (Å²) in [6.45, 7) is 5.14. The van der Waals surface area contributed by atoms with Crippen molar-refractivity contribution in [1.82, 2.24) is 10.6 Å². The van der Waals surface area contributed by atoms with Gasteiger partial charge >= 0.3 is 0 Å². The zero-order chi connectivity index (χ0) is 13.5. The number of aryl methyl sites for hydroxylation is 2. The molecule has 1 aliphatic rings. The Bertz CT molecular complexity index is 417. The zero-order valence-corrected chi connectivity index (χ0v) is 13.0. The molecule has 112 valence electrons. The molecular formula is C16H25ClN2O. The summed E-state index contributed by atoms with van der Waals surface area (Å²) in [7, 11) is 0. The fourth-order valence-corrected chi connectivity index (χ4v) is 2.59. The number of carbonyl (C=O) groups is 1. The Balaban J connectivity index is 0.00000200. The monoisotopic (exact) mass is 296 g/mol. The summed E-state index contributed by atoms with van der Waals surface area (Å²) in [5.41, 5.74) is 2.50. The molecule has 1 unspecified atom stereocenters. The zero-order valence-electron chi connectivity index (χ0n) is 12.2. The molecule has 0 bridgehead atoms. The van der Waals surface area contributed by atoms with Gasteiger partial charge in [-0.25, -0.2) is 0 Å². The fraction of sp³-hybridized carbons (Fsp3) is 0.562. The number of amides is 1. The smallest absolute Gasteiger partial charge is 0.220 e. The molecule has 3 nitrogen and oxygen atoms in total. The Hall–Kier alpha value is -1.06. The van der Waals surface area contributed by atoms with Crippen LogP contribution in [0.25, 0.3) is 0 Å². The molecule has 0 spiro atoms. The second-order valence-electron chi connectivity index (χ2n) is 5.49. The fourth-order valence-electron chi connectivity index (χ4n) is 2.59.